The maximum Gasteiger partial charge on any atom is 0.308 e. The standard InChI is InChI=1S/C12H17N3O3S/c1-18-11(17)9-2-5-15(6-3-9)8-10(16)14-12-13-4-7-19-12/h4,7,9H,2-3,5-6,8H2,1H3,(H,13,14,16). The molecule has 0 aliphatic carbocycles. The van der Waals surface area contributed by atoms with Gasteiger partial charge in [-0.15, -0.1) is 11.3 Å². The van der Waals surface area contributed by atoms with Crippen LogP contribution in [-0.4, -0.2) is 48.5 Å². The number of aromatic nitrogens is 1. The topological polar surface area (TPSA) is 71.5 Å². The van der Waals surface area contributed by atoms with E-state index in [1.807, 2.05) is 10.3 Å². The molecule has 0 saturated carbocycles. The highest BCUT2D eigenvalue weighted by Crippen LogP contribution is 2.18. The maximum atomic E-state index is 11.8. The molecule has 6 nitrogen and oxygen atoms in total. The van der Waals surface area contributed by atoms with Gasteiger partial charge in [0, 0.05) is 11.6 Å². The highest BCUT2D eigenvalue weighted by atomic mass is 32.1. The summed E-state index contributed by atoms with van der Waals surface area (Å²) < 4.78 is 4.73. The third-order valence-corrected chi connectivity index (χ3v) is 3.86. The third kappa shape index (κ3) is 4.00. The summed E-state index contributed by atoms with van der Waals surface area (Å²) in [4.78, 5) is 29.2. The molecule has 0 spiro atoms. The molecule has 1 fully saturated rings. The number of piperidine rings is 1. The fourth-order valence-corrected chi connectivity index (χ4v) is 2.69. The summed E-state index contributed by atoms with van der Waals surface area (Å²) in [5.41, 5.74) is 0. The molecule has 19 heavy (non-hydrogen) atoms. The molecule has 104 valence electrons. The molecule has 1 aliphatic rings. The summed E-state index contributed by atoms with van der Waals surface area (Å²) in [6, 6.07) is 0. The number of anilines is 1. The van der Waals surface area contributed by atoms with Crippen molar-refractivity contribution in [2.24, 2.45) is 5.92 Å². The van der Waals surface area contributed by atoms with Gasteiger partial charge in [0.15, 0.2) is 5.13 Å². The van der Waals surface area contributed by atoms with Gasteiger partial charge in [-0.05, 0) is 25.9 Å². The van der Waals surface area contributed by atoms with Gasteiger partial charge in [0.25, 0.3) is 0 Å². The molecule has 1 aromatic rings. The molecule has 1 N–H and O–H groups in total. The second kappa shape index (κ2) is 6.63. The predicted octanol–water partition coefficient (Wildman–Crippen LogP) is 0.967. The van der Waals surface area contributed by atoms with Gasteiger partial charge in [0.2, 0.25) is 5.91 Å². The van der Waals surface area contributed by atoms with Crippen LogP contribution in [0.2, 0.25) is 0 Å². The van der Waals surface area contributed by atoms with E-state index in [1.165, 1.54) is 18.4 Å². The number of amides is 1. The van der Waals surface area contributed by atoms with Gasteiger partial charge in [0.05, 0.1) is 19.6 Å². The molecule has 1 amide bonds. The Morgan fingerprint density at radius 1 is 1.53 bits per heavy atom. The molecule has 0 aromatic carbocycles. The third-order valence-electron chi connectivity index (χ3n) is 3.17. The summed E-state index contributed by atoms with van der Waals surface area (Å²) in [6.45, 7) is 1.82. The molecule has 1 saturated heterocycles. The normalized spacial score (nSPS) is 17.1. The Morgan fingerprint density at radius 3 is 2.84 bits per heavy atom. The summed E-state index contributed by atoms with van der Waals surface area (Å²) >= 11 is 1.40. The Balaban J connectivity index is 1.73. The number of ether oxygens (including phenoxy) is 1. The minimum absolute atomic E-state index is 0.0247. The molecule has 7 heteroatoms. The molecule has 2 heterocycles. The van der Waals surface area contributed by atoms with Crippen molar-refractivity contribution >= 4 is 28.3 Å². The molecular formula is C12H17N3O3S. The van der Waals surface area contributed by atoms with Crippen LogP contribution >= 0.6 is 11.3 Å². The van der Waals surface area contributed by atoms with Crippen molar-refractivity contribution in [1.29, 1.82) is 0 Å². The largest absolute Gasteiger partial charge is 0.469 e. The van der Waals surface area contributed by atoms with Crippen molar-refractivity contribution in [1.82, 2.24) is 9.88 Å². The zero-order valence-electron chi connectivity index (χ0n) is 10.8. The predicted molar refractivity (Wildman–Crippen MR) is 71.9 cm³/mol. The first kappa shape index (κ1) is 14.0. The van der Waals surface area contributed by atoms with Crippen LogP contribution in [0, 0.1) is 5.92 Å². The number of likely N-dealkylation sites (tertiary alicyclic amines) is 1. The van der Waals surface area contributed by atoms with E-state index in [0.29, 0.717) is 11.7 Å². The number of hydrogen-bond donors (Lipinski definition) is 1. The van der Waals surface area contributed by atoms with E-state index >= 15 is 0 Å². The zero-order valence-corrected chi connectivity index (χ0v) is 11.6. The molecule has 0 atom stereocenters. The fraction of sp³-hybridized carbons (Fsp3) is 0.583. The van der Waals surface area contributed by atoms with Gasteiger partial charge < -0.3 is 10.1 Å². The Hall–Kier alpha value is -1.47. The van der Waals surface area contributed by atoms with Crippen LogP contribution in [0.1, 0.15) is 12.8 Å². The maximum absolute atomic E-state index is 11.8. The number of nitrogens with one attached hydrogen (secondary N) is 1. The van der Waals surface area contributed by atoms with Crippen LogP contribution in [-0.2, 0) is 14.3 Å². The summed E-state index contributed by atoms with van der Waals surface area (Å²) in [5.74, 6) is -0.235. The number of rotatable bonds is 4. The van der Waals surface area contributed by atoms with E-state index in [1.54, 1.807) is 6.20 Å². The van der Waals surface area contributed by atoms with E-state index in [2.05, 4.69) is 10.3 Å². The van der Waals surface area contributed by atoms with Gasteiger partial charge in [-0.3, -0.25) is 14.5 Å². The lowest BCUT2D eigenvalue weighted by atomic mass is 9.97. The summed E-state index contributed by atoms with van der Waals surface area (Å²) in [5, 5.41) is 5.19. The van der Waals surface area contributed by atoms with Crippen molar-refractivity contribution in [2.75, 3.05) is 32.1 Å². The van der Waals surface area contributed by atoms with Crippen molar-refractivity contribution < 1.29 is 14.3 Å². The van der Waals surface area contributed by atoms with Crippen LogP contribution < -0.4 is 5.32 Å². The number of hydrogen-bond acceptors (Lipinski definition) is 6. The first-order valence-electron chi connectivity index (χ1n) is 6.18. The van der Waals surface area contributed by atoms with Crippen LogP contribution in [0.3, 0.4) is 0 Å². The Morgan fingerprint density at radius 2 is 2.26 bits per heavy atom. The highest BCUT2D eigenvalue weighted by molar-refractivity contribution is 7.13. The van der Waals surface area contributed by atoms with Crippen molar-refractivity contribution in [2.45, 2.75) is 12.8 Å². The van der Waals surface area contributed by atoms with E-state index in [-0.39, 0.29) is 17.8 Å². The minimum atomic E-state index is -0.146. The second-order valence-corrected chi connectivity index (χ2v) is 5.35. The summed E-state index contributed by atoms with van der Waals surface area (Å²) in [6.07, 6.45) is 3.15. The number of thiazole rings is 1. The monoisotopic (exact) mass is 283 g/mol. The van der Waals surface area contributed by atoms with Crippen molar-refractivity contribution in [3.8, 4) is 0 Å². The first-order valence-corrected chi connectivity index (χ1v) is 7.06. The van der Waals surface area contributed by atoms with Gasteiger partial charge >= 0.3 is 5.97 Å². The first-order chi connectivity index (χ1) is 9.19. The van der Waals surface area contributed by atoms with E-state index in [9.17, 15) is 9.59 Å². The van der Waals surface area contributed by atoms with Crippen molar-refractivity contribution in [3.05, 3.63) is 11.6 Å². The fourth-order valence-electron chi connectivity index (χ4n) is 2.14. The second-order valence-electron chi connectivity index (χ2n) is 4.46. The smallest absolute Gasteiger partial charge is 0.308 e. The molecule has 1 aliphatic heterocycles. The number of esters is 1. The SMILES string of the molecule is COC(=O)C1CCN(CC(=O)Nc2nccs2)CC1. The van der Waals surface area contributed by atoms with Crippen LogP contribution in [0.5, 0.6) is 0 Å². The minimum Gasteiger partial charge on any atom is -0.469 e. The van der Waals surface area contributed by atoms with Gasteiger partial charge in [-0.1, -0.05) is 0 Å². The number of nitrogens with zero attached hydrogens (tertiary/aromatic N) is 2. The lowest BCUT2D eigenvalue weighted by Gasteiger charge is -2.29. The molecule has 0 bridgehead atoms. The van der Waals surface area contributed by atoms with Gasteiger partial charge in [0.1, 0.15) is 0 Å². The number of methoxy groups -OCH3 is 1. The number of carbonyl (C=O) groups excluding carboxylic acids is 2. The van der Waals surface area contributed by atoms with E-state index in [4.69, 9.17) is 4.74 Å². The lowest BCUT2D eigenvalue weighted by Crippen LogP contribution is -2.41. The van der Waals surface area contributed by atoms with E-state index < -0.39 is 0 Å². The molecule has 0 radical (unpaired) electrons. The lowest BCUT2D eigenvalue weighted by molar-refractivity contribution is -0.147. The van der Waals surface area contributed by atoms with Gasteiger partial charge in [-0.2, -0.15) is 0 Å². The average Bonchev–Trinajstić information content (AvgIpc) is 2.91. The average molecular weight is 283 g/mol. The zero-order chi connectivity index (χ0) is 13.7. The molecular weight excluding hydrogens is 266 g/mol. The summed E-state index contributed by atoms with van der Waals surface area (Å²) in [7, 11) is 1.41. The Bertz CT molecular complexity index is 427. The van der Waals surface area contributed by atoms with Crippen LogP contribution in [0.4, 0.5) is 5.13 Å². The van der Waals surface area contributed by atoms with Crippen LogP contribution in [0.25, 0.3) is 0 Å². The molecule has 1 aromatic heterocycles. The van der Waals surface area contributed by atoms with Gasteiger partial charge in [-0.25, -0.2) is 4.98 Å². The Kier molecular flexibility index (Phi) is 4.86. The quantitative estimate of drug-likeness (QED) is 0.834. The Labute approximate surface area is 115 Å². The molecule has 0 unspecified atom stereocenters. The van der Waals surface area contributed by atoms with Crippen LogP contribution in [0.15, 0.2) is 11.6 Å². The van der Waals surface area contributed by atoms with E-state index in [0.717, 1.165) is 25.9 Å². The highest BCUT2D eigenvalue weighted by Gasteiger charge is 2.26. The van der Waals surface area contributed by atoms with Crippen molar-refractivity contribution in [3.63, 3.8) is 0 Å². The number of carbonyl (C=O) groups is 2. The molecule has 2 rings (SSSR count).